The van der Waals surface area contributed by atoms with Gasteiger partial charge in [-0.3, -0.25) is 26.5 Å². The van der Waals surface area contributed by atoms with Crippen molar-refractivity contribution in [2.45, 2.75) is 120 Å². The van der Waals surface area contributed by atoms with Gasteiger partial charge in [-0.05, 0) is 49.3 Å². The molecule has 3 amide bonds. The number of hydrogen-bond donors (Lipinski definition) is 4. The van der Waals surface area contributed by atoms with Gasteiger partial charge in [0, 0.05) is 56.1 Å². The minimum atomic E-state index is -0.707. The molecule has 0 fully saturated rings. The summed E-state index contributed by atoms with van der Waals surface area (Å²) >= 11 is 0. The van der Waals surface area contributed by atoms with E-state index in [1.165, 1.54) is 5.56 Å². The molecule has 1 unspecified atom stereocenters. The zero-order chi connectivity index (χ0) is 47.3. The van der Waals surface area contributed by atoms with Gasteiger partial charge in [0.25, 0.3) is 0 Å². The summed E-state index contributed by atoms with van der Waals surface area (Å²) < 4.78 is 5.93. The largest absolute Gasteiger partial charge is 2.00 e. The van der Waals surface area contributed by atoms with Gasteiger partial charge in [0.2, 0.25) is 17.7 Å². The number of carbonyl (C=O) groups excluding carboxylic acids is 5. The van der Waals surface area contributed by atoms with Crippen LogP contribution in [0.3, 0.4) is 0 Å². The van der Waals surface area contributed by atoms with E-state index >= 15 is 0 Å². The Balaban J connectivity index is 0. The number of carbonyl (C=O) groups is 4. The molecule has 3 aromatic carbocycles. The van der Waals surface area contributed by atoms with Gasteiger partial charge in [-0.15, -0.1) is 5.69 Å². The number of para-hydroxylation sites is 1. The number of nitrogens with one attached hydrogen (secondary N) is 3. The van der Waals surface area contributed by atoms with E-state index in [9.17, 15) is 19.2 Å². The molecule has 14 heteroatoms. The first-order valence-electron chi connectivity index (χ1n) is 21.6. The summed E-state index contributed by atoms with van der Waals surface area (Å²) in [5, 5.41) is 2.93. The molecule has 0 saturated carbocycles. The summed E-state index contributed by atoms with van der Waals surface area (Å²) in [6.07, 6.45) is 5.13. The van der Waals surface area contributed by atoms with E-state index in [0.717, 1.165) is 23.5 Å². The molecule has 0 aromatic heterocycles. The molecule has 0 aliphatic carbocycles. The average molecular weight is 1040 g/mol. The van der Waals surface area contributed by atoms with Crippen LogP contribution in [0, 0.1) is 11.3 Å². The van der Waals surface area contributed by atoms with Crippen LogP contribution in [0.4, 0.5) is 11.4 Å². The summed E-state index contributed by atoms with van der Waals surface area (Å²) in [6.45, 7) is 21.7. The van der Waals surface area contributed by atoms with Crippen LogP contribution in [0.2, 0.25) is 0 Å². The number of ether oxygens (including phenoxy) is 1. The van der Waals surface area contributed by atoms with Crippen LogP contribution in [0.1, 0.15) is 123 Å². The smallest absolute Gasteiger partial charge is 0.699 e. The number of hydrogen-bond acceptors (Lipinski definition) is 9. The van der Waals surface area contributed by atoms with Gasteiger partial charge < -0.3 is 46.3 Å². The number of aryl methyl sites for hydroxylation is 1. The number of fused-ring (bicyclic) bond motifs is 2. The van der Waals surface area contributed by atoms with Crippen LogP contribution in [0.25, 0.3) is 17.1 Å². The number of rotatable bonds is 17. The topological polar surface area (TPSA) is 201 Å². The summed E-state index contributed by atoms with van der Waals surface area (Å²) in [6, 6.07) is 22.7. The zero-order valence-electron chi connectivity index (χ0n) is 39.5. The van der Waals surface area contributed by atoms with Crippen LogP contribution < -0.4 is 27.2 Å². The molecule has 0 spiro atoms. The quantitative estimate of drug-likeness (QED) is 0.0442. The third kappa shape index (κ3) is 22.4. The zero-order valence-corrected chi connectivity index (χ0v) is 42.4. The van der Waals surface area contributed by atoms with E-state index in [1.54, 1.807) is 23.1 Å². The molecule has 1 heterocycles. The standard InChI is InChI=1S/C34H47N6O5.C8H10N.C4H10.C2H6.CH2O.W/c1-24(17-20-39(4)29(42)15-9-10-21-41)45-22-18-34(2,3)33(44)37-19-16-30(43)40-23-25-11-5-6-12-26(25)31(35)32(38-36)27-13-7-8-14-28(27)40;1-2-7-3-5-8(9)6-4-7;1-4(2)3;2*1-2;/h5-8,11-14,24,38H,9-10,15-20,22-23,35-36H2,1-4H3,(H,37,44);3-6,9H,2H2,1H3;4H,1-3H3;1-2H3;1H2;/q2*-1;;;;+2/b32-31-;;;;;. The maximum absolute atomic E-state index is 13.6. The second kappa shape index (κ2) is 33.7. The van der Waals surface area contributed by atoms with Gasteiger partial charge in [0.05, 0.1) is 29.7 Å². The van der Waals surface area contributed by atoms with Crippen molar-refractivity contribution in [3.63, 3.8) is 0 Å². The van der Waals surface area contributed by atoms with Crippen molar-refractivity contribution in [2.75, 3.05) is 31.6 Å². The predicted molar refractivity (Wildman–Crippen MR) is 254 cm³/mol. The third-order valence-corrected chi connectivity index (χ3v) is 9.51. The second-order valence-electron chi connectivity index (χ2n) is 15.8. The molecule has 13 nitrogen and oxygen atoms in total. The van der Waals surface area contributed by atoms with Crippen LogP contribution >= 0.6 is 0 Å². The van der Waals surface area contributed by atoms with Crippen LogP contribution in [0.5, 0.6) is 0 Å². The Morgan fingerprint density at radius 1 is 0.952 bits per heavy atom. The minimum Gasteiger partial charge on any atom is -0.699 e. The van der Waals surface area contributed by atoms with E-state index in [-0.39, 0.29) is 64.3 Å². The van der Waals surface area contributed by atoms with Crippen molar-refractivity contribution in [1.29, 1.82) is 0 Å². The Morgan fingerprint density at radius 3 is 2.10 bits per heavy atom. The molecule has 0 saturated heterocycles. The minimum absolute atomic E-state index is 0. The number of unbranched alkanes of at least 4 members (excludes halogenated alkanes) is 1. The maximum Gasteiger partial charge on any atom is 2.00 e. The summed E-state index contributed by atoms with van der Waals surface area (Å²) in [5.74, 6) is 6.42. The van der Waals surface area contributed by atoms with Gasteiger partial charge in [0.15, 0.2) is 0 Å². The van der Waals surface area contributed by atoms with E-state index in [0.29, 0.717) is 73.7 Å². The summed E-state index contributed by atoms with van der Waals surface area (Å²) in [5.41, 5.74) is 21.7. The van der Waals surface area contributed by atoms with Gasteiger partial charge in [-0.1, -0.05) is 129 Å². The molecule has 0 bridgehead atoms. The van der Waals surface area contributed by atoms with Crippen molar-refractivity contribution < 1.29 is 49.8 Å². The van der Waals surface area contributed by atoms with Gasteiger partial charge in [0.1, 0.15) is 6.79 Å². The Labute approximate surface area is 392 Å². The Hall–Kier alpha value is -4.84. The monoisotopic (exact) mass is 1040 g/mol. The van der Waals surface area contributed by atoms with Crippen LogP contribution in [0.15, 0.2) is 72.8 Å². The van der Waals surface area contributed by atoms with Crippen LogP contribution in [-0.2, 0) is 62.7 Å². The Kier molecular flexibility index (Phi) is 32.2. The molecule has 3 aromatic rings. The normalized spacial score (nSPS) is 12.9. The summed E-state index contributed by atoms with van der Waals surface area (Å²) in [4.78, 5) is 60.5. The third-order valence-electron chi connectivity index (χ3n) is 9.51. The van der Waals surface area contributed by atoms with Crippen molar-refractivity contribution in [3.05, 3.63) is 101 Å². The fourth-order valence-corrected chi connectivity index (χ4v) is 5.87. The first kappa shape index (κ1) is 60.2. The van der Waals surface area contributed by atoms with E-state index in [4.69, 9.17) is 26.8 Å². The SMILES string of the molecule is C=O.CC.CC(C)C.CC(CCN(C)C(=O)CCC[C-]=O)OCCC(C)(C)C(=O)NCCC(=O)N1Cc2ccccc2/C(N)=C(/NN)c2ccccc21.CCc1ccc([NH-])cc1.[W+2]. The molecule has 4 rings (SSSR count). The number of nitrogens with zero attached hydrogens (tertiary/aromatic N) is 2. The van der Waals surface area contributed by atoms with Gasteiger partial charge >= 0.3 is 21.1 Å². The fraction of sp³-hybridized carbons (Fsp3) is 0.490. The Bertz CT molecular complexity index is 1800. The average Bonchev–Trinajstić information content (AvgIpc) is 3.26. The maximum atomic E-state index is 13.6. The number of hydrazine groups is 1. The molecule has 7 N–H and O–H groups in total. The van der Waals surface area contributed by atoms with Gasteiger partial charge in [-0.25, -0.2) is 0 Å². The predicted octanol–water partition coefficient (Wildman–Crippen LogP) is 8.67. The van der Waals surface area contributed by atoms with E-state index in [2.05, 4.69) is 38.4 Å². The fourth-order valence-electron chi connectivity index (χ4n) is 5.87. The molecule has 348 valence electrons. The van der Waals surface area contributed by atoms with Crippen LogP contribution in [-0.4, -0.2) is 68.5 Å². The first-order chi connectivity index (χ1) is 29.6. The second-order valence-corrected chi connectivity index (χ2v) is 15.8. The van der Waals surface area contributed by atoms with Crippen molar-refractivity contribution in [1.82, 2.24) is 15.6 Å². The molecular weight excluding hydrogens is 966 g/mol. The van der Waals surface area contributed by atoms with E-state index in [1.807, 2.05) is 114 Å². The summed E-state index contributed by atoms with van der Waals surface area (Å²) in [7, 11) is 1.74. The molecule has 1 aliphatic rings. The number of benzene rings is 3. The molecular formula is C49H75N7O6W. The van der Waals surface area contributed by atoms with Crippen molar-refractivity contribution in [3.8, 4) is 0 Å². The number of nitrogens with two attached hydrogens (primary N) is 2. The number of amides is 3. The molecule has 1 aliphatic heterocycles. The molecule has 63 heavy (non-hydrogen) atoms. The molecule has 0 radical (unpaired) electrons. The number of anilines is 1. The van der Waals surface area contributed by atoms with E-state index < -0.39 is 5.41 Å². The first-order valence-corrected chi connectivity index (χ1v) is 21.6. The van der Waals surface area contributed by atoms with Gasteiger partial charge in [-0.2, -0.15) is 6.42 Å². The Morgan fingerprint density at radius 2 is 1.52 bits per heavy atom. The molecule has 1 atom stereocenters. The van der Waals surface area contributed by atoms with Crippen molar-refractivity contribution >= 4 is 53.6 Å². The van der Waals surface area contributed by atoms with Crippen molar-refractivity contribution in [2.24, 2.45) is 22.9 Å².